The summed E-state index contributed by atoms with van der Waals surface area (Å²) in [5.41, 5.74) is 2.72. The van der Waals surface area contributed by atoms with Crippen LogP contribution in [0.2, 0.25) is 0 Å². The molecule has 0 amide bonds. The number of hydrogen-bond donors (Lipinski definition) is 0. The molecule has 2 aromatic heterocycles. The highest BCUT2D eigenvalue weighted by atomic mass is 79.9. The topological polar surface area (TPSA) is 53.4 Å². The van der Waals surface area contributed by atoms with Gasteiger partial charge >= 0.3 is 0 Å². The molecule has 4 rings (SSSR count). The zero-order valence-electron chi connectivity index (χ0n) is 15.3. The minimum Gasteiger partial charge on any atom is -0.493 e. The molecular formula is C21H17BrN2O3S. The van der Waals surface area contributed by atoms with E-state index in [1.807, 2.05) is 47.8 Å². The molecule has 0 bridgehead atoms. The Balaban J connectivity index is 1.81. The predicted molar refractivity (Wildman–Crippen MR) is 116 cm³/mol. The van der Waals surface area contributed by atoms with Crippen LogP contribution in [-0.2, 0) is 6.54 Å². The largest absolute Gasteiger partial charge is 0.493 e. The van der Waals surface area contributed by atoms with E-state index in [1.165, 1.54) is 11.3 Å². The van der Waals surface area contributed by atoms with Crippen LogP contribution in [0.1, 0.15) is 5.56 Å². The Morgan fingerprint density at radius 3 is 2.54 bits per heavy atom. The Morgan fingerprint density at radius 1 is 1.07 bits per heavy atom. The standard InChI is InChI=1S/C21H17BrN2O3S/c1-26-17-8-5-14(9-18(17)27-2)16-11-28-20-19(16)21(25)24(12-23-20)10-13-3-6-15(22)7-4-13/h3-9,11-12H,10H2,1-2H3. The summed E-state index contributed by atoms with van der Waals surface area (Å²) in [6.45, 7) is 0.469. The van der Waals surface area contributed by atoms with Crippen LogP contribution in [-0.4, -0.2) is 23.8 Å². The van der Waals surface area contributed by atoms with E-state index in [0.717, 1.165) is 26.0 Å². The summed E-state index contributed by atoms with van der Waals surface area (Å²) < 4.78 is 13.4. The number of benzene rings is 2. The zero-order chi connectivity index (χ0) is 19.7. The van der Waals surface area contributed by atoms with Crippen LogP contribution in [0, 0.1) is 0 Å². The zero-order valence-corrected chi connectivity index (χ0v) is 17.7. The molecule has 4 aromatic rings. The Labute approximate surface area is 174 Å². The van der Waals surface area contributed by atoms with Gasteiger partial charge in [-0.2, -0.15) is 0 Å². The monoisotopic (exact) mass is 456 g/mol. The summed E-state index contributed by atoms with van der Waals surface area (Å²) in [4.78, 5) is 18.4. The van der Waals surface area contributed by atoms with Crippen molar-refractivity contribution in [3.05, 3.63) is 74.6 Å². The number of nitrogens with zero attached hydrogens (tertiary/aromatic N) is 2. The highest BCUT2D eigenvalue weighted by molar-refractivity contribution is 9.10. The normalized spacial score (nSPS) is 11.0. The second kappa shape index (κ2) is 7.77. The van der Waals surface area contributed by atoms with Crippen molar-refractivity contribution in [2.75, 3.05) is 14.2 Å². The molecular weight excluding hydrogens is 440 g/mol. The summed E-state index contributed by atoms with van der Waals surface area (Å²) in [5.74, 6) is 1.27. The van der Waals surface area contributed by atoms with Crippen LogP contribution in [0.25, 0.3) is 21.3 Å². The number of halogens is 1. The van der Waals surface area contributed by atoms with E-state index in [9.17, 15) is 4.79 Å². The summed E-state index contributed by atoms with van der Waals surface area (Å²) in [6, 6.07) is 13.6. The first-order valence-electron chi connectivity index (χ1n) is 8.54. The third kappa shape index (κ3) is 3.43. The molecule has 0 aliphatic heterocycles. The predicted octanol–water partition coefficient (Wildman–Crippen LogP) is 4.95. The van der Waals surface area contributed by atoms with Gasteiger partial charge in [-0.05, 0) is 35.4 Å². The van der Waals surface area contributed by atoms with Crippen LogP contribution >= 0.6 is 27.3 Å². The van der Waals surface area contributed by atoms with Gasteiger partial charge in [0.1, 0.15) is 4.83 Å². The smallest absolute Gasteiger partial charge is 0.263 e. The van der Waals surface area contributed by atoms with Crippen molar-refractivity contribution < 1.29 is 9.47 Å². The van der Waals surface area contributed by atoms with E-state index in [4.69, 9.17) is 9.47 Å². The minimum atomic E-state index is -0.0565. The fourth-order valence-corrected chi connectivity index (χ4v) is 4.25. The lowest BCUT2D eigenvalue weighted by molar-refractivity contribution is 0.355. The van der Waals surface area contributed by atoms with Gasteiger partial charge < -0.3 is 9.47 Å². The molecule has 0 unspecified atom stereocenters. The van der Waals surface area contributed by atoms with Gasteiger partial charge in [-0.3, -0.25) is 9.36 Å². The molecule has 0 radical (unpaired) electrons. The number of thiophene rings is 1. The second-order valence-corrected chi connectivity index (χ2v) is 7.98. The van der Waals surface area contributed by atoms with Gasteiger partial charge in [-0.25, -0.2) is 4.98 Å². The van der Waals surface area contributed by atoms with Crippen molar-refractivity contribution >= 4 is 37.5 Å². The first-order chi connectivity index (χ1) is 13.6. The molecule has 0 atom stereocenters. The highest BCUT2D eigenvalue weighted by Crippen LogP contribution is 2.36. The maximum absolute atomic E-state index is 13.2. The molecule has 5 nitrogen and oxygen atoms in total. The summed E-state index contributed by atoms with van der Waals surface area (Å²) in [5, 5.41) is 2.58. The molecule has 7 heteroatoms. The molecule has 0 saturated heterocycles. The Kier molecular flexibility index (Phi) is 5.19. The fourth-order valence-electron chi connectivity index (χ4n) is 3.08. The number of rotatable bonds is 5. The average Bonchev–Trinajstić information content (AvgIpc) is 3.16. The lowest BCUT2D eigenvalue weighted by Crippen LogP contribution is -2.20. The van der Waals surface area contributed by atoms with Gasteiger partial charge in [0.15, 0.2) is 11.5 Å². The minimum absolute atomic E-state index is 0.0565. The third-order valence-corrected chi connectivity index (χ3v) is 5.94. The van der Waals surface area contributed by atoms with Crippen molar-refractivity contribution in [1.82, 2.24) is 9.55 Å². The number of methoxy groups -OCH3 is 2. The van der Waals surface area contributed by atoms with E-state index >= 15 is 0 Å². The molecule has 0 aliphatic carbocycles. The van der Waals surface area contributed by atoms with E-state index in [0.29, 0.717) is 23.4 Å². The van der Waals surface area contributed by atoms with Crippen LogP contribution in [0.4, 0.5) is 0 Å². The number of aromatic nitrogens is 2. The molecule has 142 valence electrons. The molecule has 2 heterocycles. The lowest BCUT2D eigenvalue weighted by Gasteiger charge is -2.10. The number of ether oxygens (including phenoxy) is 2. The summed E-state index contributed by atoms with van der Waals surface area (Å²) >= 11 is 4.89. The van der Waals surface area contributed by atoms with Crippen molar-refractivity contribution in [2.45, 2.75) is 6.54 Å². The van der Waals surface area contributed by atoms with Crippen LogP contribution in [0.5, 0.6) is 11.5 Å². The summed E-state index contributed by atoms with van der Waals surface area (Å²) in [7, 11) is 3.20. The van der Waals surface area contributed by atoms with E-state index in [2.05, 4.69) is 20.9 Å². The number of fused-ring (bicyclic) bond motifs is 1. The van der Waals surface area contributed by atoms with E-state index in [-0.39, 0.29) is 5.56 Å². The Morgan fingerprint density at radius 2 is 1.82 bits per heavy atom. The van der Waals surface area contributed by atoms with Gasteiger partial charge in [-0.15, -0.1) is 11.3 Å². The SMILES string of the molecule is COc1ccc(-c2csc3ncn(Cc4ccc(Br)cc4)c(=O)c23)cc1OC. The molecule has 28 heavy (non-hydrogen) atoms. The quantitative estimate of drug-likeness (QED) is 0.426. The summed E-state index contributed by atoms with van der Waals surface area (Å²) in [6.07, 6.45) is 1.61. The fraction of sp³-hybridized carbons (Fsp3) is 0.143. The Bertz CT molecular complexity index is 1200. The van der Waals surface area contributed by atoms with Crippen molar-refractivity contribution in [2.24, 2.45) is 0 Å². The van der Waals surface area contributed by atoms with Crippen LogP contribution in [0.3, 0.4) is 0 Å². The molecule has 0 N–H and O–H groups in total. The maximum atomic E-state index is 13.2. The van der Waals surface area contributed by atoms with Gasteiger partial charge in [0.2, 0.25) is 0 Å². The molecule has 0 fully saturated rings. The van der Waals surface area contributed by atoms with Gasteiger partial charge in [-0.1, -0.05) is 34.1 Å². The molecule has 0 saturated carbocycles. The van der Waals surface area contributed by atoms with Gasteiger partial charge in [0.05, 0.1) is 32.5 Å². The Hall–Kier alpha value is -2.64. The third-order valence-electron chi connectivity index (χ3n) is 4.52. The van der Waals surface area contributed by atoms with Gasteiger partial charge in [0, 0.05) is 15.4 Å². The van der Waals surface area contributed by atoms with Crippen molar-refractivity contribution in [1.29, 1.82) is 0 Å². The van der Waals surface area contributed by atoms with Gasteiger partial charge in [0.25, 0.3) is 5.56 Å². The second-order valence-electron chi connectivity index (χ2n) is 6.20. The molecule has 0 aliphatic rings. The molecule has 2 aromatic carbocycles. The first-order valence-corrected chi connectivity index (χ1v) is 10.2. The lowest BCUT2D eigenvalue weighted by atomic mass is 10.1. The van der Waals surface area contributed by atoms with E-state index < -0.39 is 0 Å². The maximum Gasteiger partial charge on any atom is 0.263 e. The van der Waals surface area contributed by atoms with Crippen LogP contribution < -0.4 is 15.0 Å². The first kappa shape index (κ1) is 18.7. The number of hydrogen-bond acceptors (Lipinski definition) is 5. The molecule has 0 spiro atoms. The van der Waals surface area contributed by atoms with Crippen molar-refractivity contribution in [3.63, 3.8) is 0 Å². The highest BCUT2D eigenvalue weighted by Gasteiger charge is 2.15. The van der Waals surface area contributed by atoms with E-state index in [1.54, 1.807) is 25.1 Å². The van der Waals surface area contributed by atoms with Crippen molar-refractivity contribution in [3.8, 4) is 22.6 Å². The van der Waals surface area contributed by atoms with Crippen LogP contribution in [0.15, 0.2) is 63.4 Å². The average molecular weight is 457 g/mol.